The van der Waals surface area contributed by atoms with E-state index >= 15 is 0 Å². The van der Waals surface area contributed by atoms with Crippen LogP contribution in [0.4, 0.5) is 17.1 Å². The average Bonchev–Trinajstić information content (AvgIpc) is 2.36. The highest BCUT2D eigenvalue weighted by Crippen LogP contribution is 2.32. The quantitative estimate of drug-likeness (QED) is 0.823. The summed E-state index contributed by atoms with van der Waals surface area (Å²) in [6.07, 6.45) is 0. The molecule has 0 saturated heterocycles. The number of methoxy groups -OCH3 is 1. The van der Waals surface area contributed by atoms with Crippen molar-refractivity contribution < 1.29 is 4.74 Å². The number of rotatable bonds is 3. The first kappa shape index (κ1) is 12.6. The normalized spacial score (nSPS) is 10.2. The van der Waals surface area contributed by atoms with Gasteiger partial charge in [-0.25, -0.2) is 0 Å². The highest BCUT2D eigenvalue weighted by molar-refractivity contribution is 6.31. The predicted molar refractivity (Wildman–Crippen MR) is 76.9 cm³/mol. The number of hydrogen-bond acceptors (Lipinski definition) is 3. The van der Waals surface area contributed by atoms with Gasteiger partial charge in [-0.1, -0.05) is 23.7 Å². The van der Waals surface area contributed by atoms with Gasteiger partial charge in [-0.15, -0.1) is 0 Å². The molecule has 4 heteroatoms. The lowest BCUT2D eigenvalue weighted by Crippen LogP contribution is -1.99. The standard InChI is InChI=1S/C14H15ClN2O/c1-9-6-7-10(8-11(9)15)17-12-4-3-5-13(18-2)14(12)16/h3-8,17H,16H2,1-2H3. The largest absolute Gasteiger partial charge is 0.495 e. The molecule has 2 aromatic rings. The van der Waals surface area contributed by atoms with E-state index in [-0.39, 0.29) is 0 Å². The smallest absolute Gasteiger partial charge is 0.143 e. The van der Waals surface area contributed by atoms with Crippen LogP contribution in [0.15, 0.2) is 36.4 Å². The molecule has 0 aliphatic carbocycles. The van der Waals surface area contributed by atoms with Gasteiger partial charge in [0, 0.05) is 10.7 Å². The molecule has 0 spiro atoms. The summed E-state index contributed by atoms with van der Waals surface area (Å²) in [6, 6.07) is 11.4. The van der Waals surface area contributed by atoms with Crippen molar-refractivity contribution in [3.05, 3.63) is 47.0 Å². The fraction of sp³-hybridized carbons (Fsp3) is 0.143. The second kappa shape index (κ2) is 5.19. The Hall–Kier alpha value is -1.87. The predicted octanol–water partition coefficient (Wildman–Crippen LogP) is 3.98. The van der Waals surface area contributed by atoms with E-state index in [4.69, 9.17) is 22.1 Å². The van der Waals surface area contributed by atoms with Gasteiger partial charge in [-0.3, -0.25) is 0 Å². The third kappa shape index (κ3) is 2.51. The molecule has 0 atom stereocenters. The summed E-state index contributed by atoms with van der Waals surface area (Å²) in [5, 5.41) is 3.95. The van der Waals surface area contributed by atoms with Crippen LogP contribution in [0.3, 0.4) is 0 Å². The number of nitrogens with one attached hydrogen (secondary N) is 1. The molecular weight excluding hydrogens is 248 g/mol. The summed E-state index contributed by atoms with van der Waals surface area (Å²) in [5.74, 6) is 0.651. The molecule has 0 bridgehead atoms. The summed E-state index contributed by atoms with van der Waals surface area (Å²) >= 11 is 6.08. The fourth-order valence-corrected chi connectivity index (χ4v) is 1.84. The number of hydrogen-bond donors (Lipinski definition) is 2. The zero-order valence-corrected chi connectivity index (χ0v) is 11.1. The van der Waals surface area contributed by atoms with Gasteiger partial charge < -0.3 is 15.8 Å². The van der Waals surface area contributed by atoms with E-state index in [1.807, 2.05) is 43.3 Å². The number of ether oxygens (including phenoxy) is 1. The molecule has 2 rings (SSSR count). The minimum Gasteiger partial charge on any atom is -0.495 e. The van der Waals surface area contributed by atoms with Crippen molar-refractivity contribution >= 4 is 28.7 Å². The van der Waals surface area contributed by atoms with E-state index in [0.29, 0.717) is 11.4 Å². The van der Waals surface area contributed by atoms with Crippen LogP contribution < -0.4 is 15.8 Å². The van der Waals surface area contributed by atoms with Crippen molar-refractivity contribution in [3.8, 4) is 5.75 Å². The van der Waals surface area contributed by atoms with Crippen molar-refractivity contribution in [1.82, 2.24) is 0 Å². The van der Waals surface area contributed by atoms with Crippen LogP contribution in [0.5, 0.6) is 5.75 Å². The Morgan fingerprint density at radius 2 is 2.00 bits per heavy atom. The van der Waals surface area contributed by atoms with E-state index in [0.717, 1.165) is 22.0 Å². The third-order valence-corrected chi connectivity index (χ3v) is 3.14. The van der Waals surface area contributed by atoms with Crippen LogP contribution in [-0.2, 0) is 0 Å². The van der Waals surface area contributed by atoms with Gasteiger partial charge in [0.05, 0.1) is 18.5 Å². The molecule has 2 aromatic carbocycles. The van der Waals surface area contributed by atoms with Gasteiger partial charge >= 0.3 is 0 Å². The molecule has 3 N–H and O–H groups in total. The zero-order chi connectivity index (χ0) is 13.1. The lowest BCUT2D eigenvalue weighted by molar-refractivity contribution is 0.417. The number of halogens is 1. The second-order valence-electron chi connectivity index (χ2n) is 4.01. The molecule has 0 amide bonds. The molecule has 18 heavy (non-hydrogen) atoms. The number of nitrogens with two attached hydrogens (primary N) is 1. The number of aryl methyl sites for hydroxylation is 1. The van der Waals surface area contributed by atoms with Gasteiger partial charge in [0.1, 0.15) is 5.75 Å². The maximum atomic E-state index is 6.08. The van der Waals surface area contributed by atoms with Crippen LogP contribution in [0.2, 0.25) is 5.02 Å². The lowest BCUT2D eigenvalue weighted by Gasteiger charge is -2.12. The number of para-hydroxylation sites is 1. The average molecular weight is 263 g/mol. The van der Waals surface area contributed by atoms with E-state index in [9.17, 15) is 0 Å². The number of benzene rings is 2. The van der Waals surface area contributed by atoms with Crippen LogP contribution in [0.25, 0.3) is 0 Å². The Morgan fingerprint density at radius 1 is 1.22 bits per heavy atom. The maximum absolute atomic E-state index is 6.08. The Kier molecular flexibility index (Phi) is 3.63. The first-order valence-corrected chi connectivity index (χ1v) is 5.95. The van der Waals surface area contributed by atoms with Gasteiger partial charge in [0.25, 0.3) is 0 Å². The Balaban J connectivity index is 2.31. The molecular formula is C14H15ClN2O. The van der Waals surface area contributed by atoms with Crippen molar-refractivity contribution in [1.29, 1.82) is 0 Å². The summed E-state index contributed by atoms with van der Waals surface area (Å²) in [5.41, 5.74) is 9.31. The lowest BCUT2D eigenvalue weighted by atomic mass is 10.2. The van der Waals surface area contributed by atoms with Crippen molar-refractivity contribution in [3.63, 3.8) is 0 Å². The molecule has 0 aliphatic heterocycles. The SMILES string of the molecule is COc1cccc(Nc2ccc(C)c(Cl)c2)c1N. The van der Waals surface area contributed by atoms with Crippen molar-refractivity contribution in [2.75, 3.05) is 18.2 Å². The molecule has 0 saturated carbocycles. The van der Waals surface area contributed by atoms with Gasteiger partial charge in [0.2, 0.25) is 0 Å². The maximum Gasteiger partial charge on any atom is 0.143 e. The third-order valence-electron chi connectivity index (χ3n) is 2.74. The molecule has 0 fully saturated rings. The summed E-state index contributed by atoms with van der Waals surface area (Å²) in [4.78, 5) is 0. The molecule has 0 unspecified atom stereocenters. The molecule has 0 radical (unpaired) electrons. The zero-order valence-electron chi connectivity index (χ0n) is 10.3. The number of anilines is 3. The Bertz CT molecular complexity index is 570. The molecule has 3 nitrogen and oxygen atoms in total. The van der Waals surface area contributed by atoms with E-state index in [2.05, 4.69) is 5.32 Å². The minimum atomic E-state index is 0.580. The number of nitrogen functional groups attached to an aromatic ring is 1. The van der Waals surface area contributed by atoms with Crippen LogP contribution in [-0.4, -0.2) is 7.11 Å². The summed E-state index contributed by atoms with van der Waals surface area (Å²) < 4.78 is 5.18. The van der Waals surface area contributed by atoms with Crippen molar-refractivity contribution in [2.45, 2.75) is 6.92 Å². The summed E-state index contributed by atoms with van der Waals surface area (Å²) in [7, 11) is 1.60. The van der Waals surface area contributed by atoms with Gasteiger partial charge in [-0.05, 0) is 36.8 Å². The Morgan fingerprint density at radius 3 is 2.67 bits per heavy atom. The first-order valence-electron chi connectivity index (χ1n) is 5.57. The topological polar surface area (TPSA) is 47.3 Å². The molecule has 0 aromatic heterocycles. The molecule has 0 aliphatic rings. The van der Waals surface area contributed by atoms with Crippen LogP contribution in [0, 0.1) is 6.92 Å². The molecule has 94 valence electrons. The van der Waals surface area contributed by atoms with E-state index in [1.165, 1.54) is 0 Å². The monoisotopic (exact) mass is 262 g/mol. The Labute approximate surface area is 112 Å². The summed E-state index contributed by atoms with van der Waals surface area (Å²) in [6.45, 7) is 1.96. The van der Waals surface area contributed by atoms with Gasteiger partial charge in [-0.2, -0.15) is 0 Å². The van der Waals surface area contributed by atoms with Crippen LogP contribution in [0.1, 0.15) is 5.56 Å². The highest BCUT2D eigenvalue weighted by atomic mass is 35.5. The fourth-order valence-electron chi connectivity index (χ4n) is 1.66. The van der Waals surface area contributed by atoms with Crippen LogP contribution >= 0.6 is 11.6 Å². The van der Waals surface area contributed by atoms with Gasteiger partial charge in [0.15, 0.2) is 0 Å². The van der Waals surface area contributed by atoms with E-state index < -0.39 is 0 Å². The molecule has 0 heterocycles. The second-order valence-corrected chi connectivity index (χ2v) is 4.42. The minimum absolute atomic E-state index is 0.580. The first-order chi connectivity index (χ1) is 8.61. The van der Waals surface area contributed by atoms with E-state index in [1.54, 1.807) is 7.11 Å². The van der Waals surface area contributed by atoms with Crippen molar-refractivity contribution in [2.24, 2.45) is 0 Å². The highest BCUT2D eigenvalue weighted by Gasteiger charge is 2.05.